The molecule has 22 heavy (non-hydrogen) atoms. The van der Waals surface area contributed by atoms with Gasteiger partial charge in [0.15, 0.2) is 0 Å². The van der Waals surface area contributed by atoms with E-state index in [4.69, 9.17) is 4.42 Å². The minimum Gasteiger partial charge on any atom is -0.467 e. The van der Waals surface area contributed by atoms with E-state index in [9.17, 15) is 4.79 Å². The number of nitrogens with zero attached hydrogens (tertiary/aromatic N) is 2. The topological polar surface area (TPSA) is 58.4 Å². The average Bonchev–Trinajstić information content (AvgIpc) is 2.93. The van der Waals surface area contributed by atoms with Crippen LogP contribution in [-0.4, -0.2) is 28.9 Å². The number of anilines is 1. The summed E-state index contributed by atoms with van der Waals surface area (Å²) in [6.45, 7) is 2.28. The maximum absolute atomic E-state index is 12.6. The molecular weight excluding hydrogens is 278 g/mol. The number of nitrogens with one attached hydrogen (secondary N) is 1. The van der Waals surface area contributed by atoms with Crippen LogP contribution < -0.4 is 5.32 Å². The zero-order valence-corrected chi connectivity index (χ0v) is 12.6. The Labute approximate surface area is 130 Å². The third-order valence-corrected chi connectivity index (χ3v) is 3.93. The van der Waals surface area contributed by atoms with Gasteiger partial charge in [-0.3, -0.25) is 9.78 Å². The van der Waals surface area contributed by atoms with Crippen LogP contribution in [0.3, 0.4) is 0 Å². The molecule has 1 saturated heterocycles. The Hall–Kier alpha value is -2.30. The van der Waals surface area contributed by atoms with E-state index in [2.05, 4.69) is 10.3 Å². The molecule has 0 radical (unpaired) electrons. The molecule has 1 fully saturated rings. The van der Waals surface area contributed by atoms with Crippen LogP contribution >= 0.6 is 0 Å². The molecule has 0 spiro atoms. The third kappa shape index (κ3) is 3.67. The fourth-order valence-corrected chi connectivity index (χ4v) is 2.71. The number of carbonyl (C=O) groups excluding carboxylic acids is 1. The summed E-state index contributed by atoms with van der Waals surface area (Å²) in [6.07, 6.45) is 9.63. The zero-order valence-electron chi connectivity index (χ0n) is 12.6. The van der Waals surface area contributed by atoms with Gasteiger partial charge in [0.1, 0.15) is 5.76 Å². The van der Waals surface area contributed by atoms with E-state index in [0.717, 1.165) is 37.4 Å². The van der Waals surface area contributed by atoms with Gasteiger partial charge in [0.05, 0.1) is 24.1 Å². The van der Waals surface area contributed by atoms with Crippen molar-refractivity contribution >= 4 is 11.6 Å². The summed E-state index contributed by atoms with van der Waals surface area (Å²) in [7, 11) is 0. The van der Waals surface area contributed by atoms with Crippen molar-refractivity contribution in [2.24, 2.45) is 0 Å². The monoisotopic (exact) mass is 299 g/mol. The van der Waals surface area contributed by atoms with Gasteiger partial charge in [0.25, 0.3) is 5.91 Å². The Bertz CT molecular complexity index is 602. The van der Waals surface area contributed by atoms with Crippen LogP contribution in [-0.2, 0) is 6.54 Å². The summed E-state index contributed by atoms with van der Waals surface area (Å²) in [5.41, 5.74) is 1.48. The van der Waals surface area contributed by atoms with Crippen LogP contribution in [0.4, 0.5) is 5.69 Å². The van der Waals surface area contributed by atoms with E-state index in [0.29, 0.717) is 12.1 Å². The molecule has 1 N–H and O–H groups in total. The van der Waals surface area contributed by atoms with E-state index in [1.807, 2.05) is 23.1 Å². The largest absolute Gasteiger partial charge is 0.467 e. The maximum atomic E-state index is 12.6. The molecule has 2 aromatic heterocycles. The summed E-state index contributed by atoms with van der Waals surface area (Å²) >= 11 is 0. The molecule has 0 aliphatic carbocycles. The van der Waals surface area contributed by atoms with Gasteiger partial charge in [0, 0.05) is 25.5 Å². The average molecular weight is 299 g/mol. The molecule has 2 aromatic rings. The van der Waals surface area contributed by atoms with Crippen molar-refractivity contribution in [3.05, 3.63) is 48.2 Å². The van der Waals surface area contributed by atoms with E-state index >= 15 is 0 Å². The number of furan rings is 1. The smallest absolute Gasteiger partial charge is 0.255 e. The first-order valence-corrected chi connectivity index (χ1v) is 7.83. The Balaban J connectivity index is 1.65. The summed E-state index contributed by atoms with van der Waals surface area (Å²) in [5.74, 6) is 0.931. The predicted octanol–water partition coefficient (Wildman–Crippen LogP) is 3.30. The van der Waals surface area contributed by atoms with E-state index in [-0.39, 0.29) is 5.91 Å². The van der Waals surface area contributed by atoms with Crippen molar-refractivity contribution in [3.8, 4) is 0 Å². The number of likely N-dealkylation sites (tertiary alicyclic amines) is 1. The summed E-state index contributed by atoms with van der Waals surface area (Å²) < 4.78 is 5.28. The van der Waals surface area contributed by atoms with Gasteiger partial charge in [-0.25, -0.2) is 0 Å². The lowest BCUT2D eigenvalue weighted by atomic mass is 10.2. The van der Waals surface area contributed by atoms with Crippen molar-refractivity contribution in [2.45, 2.75) is 32.2 Å². The number of pyridine rings is 1. The zero-order chi connectivity index (χ0) is 15.2. The van der Waals surface area contributed by atoms with Crippen LogP contribution in [0.5, 0.6) is 0 Å². The molecule has 0 saturated carbocycles. The molecule has 116 valence electrons. The van der Waals surface area contributed by atoms with Crippen LogP contribution in [0.2, 0.25) is 0 Å². The molecule has 0 aromatic carbocycles. The fraction of sp³-hybridized carbons (Fsp3) is 0.412. The summed E-state index contributed by atoms with van der Waals surface area (Å²) in [5, 5.41) is 3.23. The number of rotatable bonds is 4. The van der Waals surface area contributed by atoms with Crippen LogP contribution in [0, 0.1) is 0 Å². The molecule has 1 amide bonds. The molecule has 3 heterocycles. The van der Waals surface area contributed by atoms with Gasteiger partial charge in [-0.15, -0.1) is 0 Å². The standard InChI is InChI=1S/C17H21N3O2/c21-17(20-7-3-1-2-4-8-20)14-10-15(12-18-11-14)19-13-16-6-5-9-22-16/h5-6,9-12,19H,1-4,7-8,13H2. The Kier molecular flexibility index (Phi) is 4.73. The molecule has 5 nitrogen and oxygen atoms in total. The number of hydrogen-bond donors (Lipinski definition) is 1. The second-order valence-corrected chi connectivity index (χ2v) is 5.60. The van der Waals surface area contributed by atoms with Gasteiger partial charge < -0.3 is 14.6 Å². The number of aromatic nitrogens is 1. The maximum Gasteiger partial charge on any atom is 0.255 e. The minimum absolute atomic E-state index is 0.0797. The molecule has 0 unspecified atom stereocenters. The molecule has 5 heteroatoms. The lowest BCUT2D eigenvalue weighted by molar-refractivity contribution is 0.0761. The summed E-state index contributed by atoms with van der Waals surface area (Å²) in [4.78, 5) is 18.7. The van der Waals surface area contributed by atoms with Gasteiger partial charge in [-0.1, -0.05) is 12.8 Å². The van der Waals surface area contributed by atoms with E-state index in [1.165, 1.54) is 12.8 Å². The highest BCUT2D eigenvalue weighted by atomic mass is 16.3. The van der Waals surface area contributed by atoms with Gasteiger partial charge in [-0.05, 0) is 31.0 Å². The van der Waals surface area contributed by atoms with Crippen molar-refractivity contribution in [1.82, 2.24) is 9.88 Å². The first-order valence-electron chi connectivity index (χ1n) is 7.83. The van der Waals surface area contributed by atoms with Gasteiger partial charge >= 0.3 is 0 Å². The molecule has 0 atom stereocenters. The normalized spacial score (nSPS) is 15.4. The molecular formula is C17H21N3O2. The van der Waals surface area contributed by atoms with Gasteiger partial charge in [0.2, 0.25) is 0 Å². The number of carbonyl (C=O) groups is 1. The highest BCUT2D eigenvalue weighted by molar-refractivity contribution is 5.94. The van der Waals surface area contributed by atoms with Crippen LogP contribution in [0.25, 0.3) is 0 Å². The van der Waals surface area contributed by atoms with Crippen LogP contribution in [0.1, 0.15) is 41.8 Å². The van der Waals surface area contributed by atoms with Crippen molar-refractivity contribution in [2.75, 3.05) is 18.4 Å². The number of amides is 1. The van der Waals surface area contributed by atoms with E-state index in [1.54, 1.807) is 18.7 Å². The van der Waals surface area contributed by atoms with Crippen molar-refractivity contribution in [3.63, 3.8) is 0 Å². The first kappa shape index (κ1) is 14.6. The molecule has 0 bridgehead atoms. The highest BCUT2D eigenvalue weighted by Gasteiger charge is 2.17. The Morgan fingerprint density at radius 1 is 1.23 bits per heavy atom. The summed E-state index contributed by atoms with van der Waals surface area (Å²) in [6, 6.07) is 5.63. The predicted molar refractivity (Wildman–Crippen MR) is 84.6 cm³/mol. The Morgan fingerprint density at radius 2 is 2.05 bits per heavy atom. The molecule has 1 aliphatic heterocycles. The second kappa shape index (κ2) is 7.11. The number of hydrogen-bond acceptors (Lipinski definition) is 4. The SMILES string of the molecule is O=C(c1cncc(NCc2ccco2)c1)N1CCCCCC1. The lowest BCUT2D eigenvalue weighted by Crippen LogP contribution is -2.31. The molecule has 1 aliphatic rings. The quantitative estimate of drug-likeness (QED) is 0.941. The highest BCUT2D eigenvalue weighted by Crippen LogP contribution is 2.16. The lowest BCUT2D eigenvalue weighted by Gasteiger charge is -2.20. The third-order valence-electron chi connectivity index (χ3n) is 3.93. The second-order valence-electron chi connectivity index (χ2n) is 5.60. The molecule has 3 rings (SSSR count). The minimum atomic E-state index is 0.0797. The van der Waals surface area contributed by atoms with Gasteiger partial charge in [-0.2, -0.15) is 0 Å². The van der Waals surface area contributed by atoms with E-state index < -0.39 is 0 Å². The van der Waals surface area contributed by atoms with Crippen molar-refractivity contribution < 1.29 is 9.21 Å². The first-order chi connectivity index (χ1) is 10.8. The van der Waals surface area contributed by atoms with Crippen molar-refractivity contribution in [1.29, 1.82) is 0 Å². The fourth-order valence-electron chi connectivity index (χ4n) is 2.71. The van der Waals surface area contributed by atoms with Crippen LogP contribution in [0.15, 0.2) is 41.3 Å². The Morgan fingerprint density at radius 3 is 2.77 bits per heavy atom.